The first-order valence-corrected chi connectivity index (χ1v) is 11.1. The maximum Gasteiger partial charge on any atom is 0.135 e. The number of hydrogen-bond donors (Lipinski definition) is 0. The van der Waals surface area contributed by atoms with E-state index in [4.69, 9.17) is 9.98 Å². The SMILES string of the molecule is CC1=NC2c3ccccc3SC2(C)N=C1c1ccc2sc3ccccc3c2c1. The minimum absolute atomic E-state index is 0.100. The Balaban J connectivity index is 1.51. The fraction of sp³-hybridized carbons (Fsp3) is 0.167. The summed E-state index contributed by atoms with van der Waals surface area (Å²) in [6.45, 7) is 4.32. The molecule has 0 fully saturated rings. The first kappa shape index (κ1) is 16.5. The molecule has 2 aliphatic rings. The first-order valence-electron chi connectivity index (χ1n) is 9.47. The molecule has 0 amide bonds. The molecular weight excluding hydrogens is 380 g/mol. The van der Waals surface area contributed by atoms with Crippen LogP contribution in [0, 0.1) is 0 Å². The average molecular weight is 399 g/mol. The van der Waals surface area contributed by atoms with Crippen molar-refractivity contribution in [1.82, 2.24) is 0 Å². The highest BCUT2D eigenvalue weighted by atomic mass is 32.2. The number of thiophene rings is 1. The molecule has 3 aromatic carbocycles. The quantitative estimate of drug-likeness (QED) is 0.343. The Labute approximate surface area is 172 Å². The third kappa shape index (κ3) is 2.28. The first-order chi connectivity index (χ1) is 13.6. The van der Waals surface area contributed by atoms with Crippen molar-refractivity contribution >= 4 is 54.7 Å². The van der Waals surface area contributed by atoms with E-state index in [0.717, 1.165) is 17.0 Å². The third-order valence-electron chi connectivity index (χ3n) is 5.69. The molecule has 2 atom stereocenters. The van der Waals surface area contributed by atoms with Gasteiger partial charge in [0.25, 0.3) is 0 Å². The summed E-state index contributed by atoms with van der Waals surface area (Å²) >= 11 is 3.69. The molecule has 4 aromatic rings. The van der Waals surface area contributed by atoms with E-state index in [1.54, 1.807) is 0 Å². The Kier molecular flexibility index (Phi) is 3.41. The van der Waals surface area contributed by atoms with Crippen LogP contribution in [0.4, 0.5) is 0 Å². The van der Waals surface area contributed by atoms with Gasteiger partial charge in [-0.15, -0.1) is 11.3 Å². The van der Waals surface area contributed by atoms with Crippen LogP contribution in [0.3, 0.4) is 0 Å². The molecule has 0 saturated carbocycles. The van der Waals surface area contributed by atoms with Crippen LogP contribution in [-0.2, 0) is 0 Å². The topological polar surface area (TPSA) is 24.7 Å². The largest absolute Gasteiger partial charge is 0.276 e. The van der Waals surface area contributed by atoms with E-state index in [2.05, 4.69) is 80.6 Å². The number of thioether (sulfide) groups is 1. The van der Waals surface area contributed by atoms with Crippen molar-refractivity contribution in [3.8, 4) is 0 Å². The lowest BCUT2D eigenvalue weighted by molar-refractivity contribution is 0.551. The van der Waals surface area contributed by atoms with E-state index in [9.17, 15) is 0 Å². The van der Waals surface area contributed by atoms with E-state index >= 15 is 0 Å². The molecule has 1 aromatic heterocycles. The Morgan fingerprint density at radius 2 is 1.68 bits per heavy atom. The zero-order valence-corrected chi connectivity index (χ0v) is 17.3. The van der Waals surface area contributed by atoms with Crippen molar-refractivity contribution in [2.45, 2.75) is 29.7 Å². The molecular formula is C24H18N2S2. The monoisotopic (exact) mass is 398 g/mol. The molecule has 3 heterocycles. The van der Waals surface area contributed by atoms with Gasteiger partial charge in [0.1, 0.15) is 10.9 Å². The van der Waals surface area contributed by atoms with Crippen LogP contribution >= 0.6 is 23.1 Å². The summed E-state index contributed by atoms with van der Waals surface area (Å²) in [5.41, 5.74) is 4.51. The molecule has 0 aliphatic carbocycles. The lowest BCUT2D eigenvalue weighted by Crippen LogP contribution is -2.31. The van der Waals surface area contributed by atoms with Crippen LogP contribution in [0.25, 0.3) is 20.2 Å². The smallest absolute Gasteiger partial charge is 0.135 e. The average Bonchev–Trinajstić information content (AvgIpc) is 3.21. The molecule has 0 bridgehead atoms. The van der Waals surface area contributed by atoms with E-state index in [0.29, 0.717) is 0 Å². The van der Waals surface area contributed by atoms with Crippen molar-refractivity contribution in [3.05, 3.63) is 77.9 Å². The number of fused-ring (bicyclic) bond motifs is 6. The van der Waals surface area contributed by atoms with Crippen molar-refractivity contribution < 1.29 is 0 Å². The van der Waals surface area contributed by atoms with Crippen LogP contribution in [0.2, 0.25) is 0 Å². The lowest BCUT2D eigenvalue weighted by atomic mass is 9.96. The zero-order chi connectivity index (χ0) is 18.9. The van der Waals surface area contributed by atoms with Gasteiger partial charge in [-0.1, -0.05) is 54.2 Å². The summed E-state index contributed by atoms with van der Waals surface area (Å²) in [6.07, 6.45) is 0. The maximum absolute atomic E-state index is 5.27. The summed E-state index contributed by atoms with van der Waals surface area (Å²) in [5.74, 6) is 0. The van der Waals surface area contributed by atoms with Gasteiger partial charge in [-0.3, -0.25) is 9.98 Å². The van der Waals surface area contributed by atoms with Crippen LogP contribution in [-0.4, -0.2) is 16.3 Å². The van der Waals surface area contributed by atoms with Crippen LogP contribution in [0.5, 0.6) is 0 Å². The molecule has 2 unspecified atom stereocenters. The fourth-order valence-corrected chi connectivity index (χ4v) is 6.75. The van der Waals surface area contributed by atoms with Crippen molar-refractivity contribution in [2.75, 3.05) is 0 Å². The number of nitrogens with zero attached hydrogens (tertiary/aromatic N) is 2. The maximum atomic E-state index is 5.27. The third-order valence-corrected chi connectivity index (χ3v) is 8.16. The lowest BCUT2D eigenvalue weighted by Gasteiger charge is -2.30. The van der Waals surface area contributed by atoms with E-state index in [-0.39, 0.29) is 10.9 Å². The number of aliphatic imine (C=N–C) groups is 2. The van der Waals surface area contributed by atoms with Gasteiger partial charge < -0.3 is 0 Å². The normalized spacial score (nSPS) is 23.4. The van der Waals surface area contributed by atoms with E-state index in [1.165, 1.54) is 30.6 Å². The standard InChI is InChI=1S/C24H18N2S2/c1-14-22(26-24(2)23(25-14)17-8-4-6-10-21(17)28-24)15-11-12-20-18(13-15)16-7-3-5-9-19(16)27-20/h3-13,23H,1-2H3. The van der Waals surface area contributed by atoms with E-state index < -0.39 is 0 Å². The molecule has 0 spiro atoms. The summed E-state index contributed by atoms with van der Waals surface area (Å²) in [5, 5.41) is 2.63. The summed E-state index contributed by atoms with van der Waals surface area (Å²) in [7, 11) is 0. The molecule has 0 saturated heterocycles. The van der Waals surface area contributed by atoms with Crippen LogP contribution in [0.1, 0.15) is 31.0 Å². The Hall–Kier alpha value is -2.43. The van der Waals surface area contributed by atoms with Crippen molar-refractivity contribution in [2.24, 2.45) is 9.98 Å². The fourth-order valence-electron chi connectivity index (χ4n) is 4.34. The molecule has 4 heteroatoms. The van der Waals surface area contributed by atoms with Gasteiger partial charge in [-0.25, -0.2) is 0 Å². The van der Waals surface area contributed by atoms with Crippen molar-refractivity contribution in [1.29, 1.82) is 0 Å². The Morgan fingerprint density at radius 1 is 0.893 bits per heavy atom. The molecule has 0 radical (unpaired) electrons. The predicted molar refractivity (Wildman–Crippen MR) is 122 cm³/mol. The van der Waals surface area contributed by atoms with E-state index in [1.807, 2.05) is 23.1 Å². The second-order valence-electron chi connectivity index (χ2n) is 7.58. The van der Waals surface area contributed by atoms with Gasteiger partial charge in [0, 0.05) is 30.6 Å². The molecule has 2 nitrogen and oxygen atoms in total. The second-order valence-corrected chi connectivity index (χ2v) is 10.1. The highest BCUT2D eigenvalue weighted by molar-refractivity contribution is 8.01. The molecule has 2 aliphatic heterocycles. The van der Waals surface area contributed by atoms with Gasteiger partial charge in [-0.05, 0) is 43.7 Å². The van der Waals surface area contributed by atoms with Crippen molar-refractivity contribution in [3.63, 3.8) is 0 Å². The highest BCUT2D eigenvalue weighted by Gasteiger charge is 2.46. The number of rotatable bonds is 1. The Morgan fingerprint density at radius 3 is 2.61 bits per heavy atom. The Bertz CT molecular complexity index is 1330. The summed E-state index contributed by atoms with van der Waals surface area (Å²) < 4.78 is 2.65. The van der Waals surface area contributed by atoms with Crippen LogP contribution < -0.4 is 0 Å². The van der Waals surface area contributed by atoms with Gasteiger partial charge in [0.15, 0.2) is 0 Å². The van der Waals surface area contributed by atoms with Gasteiger partial charge in [0.05, 0.1) is 11.4 Å². The number of benzene rings is 3. The molecule has 0 N–H and O–H groups in total. The molecule has 6 rings (SSSR count). The van der Waals surface area contributed by atoms with Crippen LogP contribution in [0.15, 0.2) is 81.6 Å². The van der Waals surface area contributed by atoms with Gasteiger partial charge >= 0.3 is 0 Å². The minimum Gasteiger partial charge on any atom is -0.276 e. The molecule has 136 valence electrons. The minimum atomic E-state index is -0.274. The summed E-state index contributed by atoms with van der Waals surface area (Å²) in [4.78, 5) is 11.4. The predicted octanol–water partition coefficient (Wildman–Crippen LogP) is 6.88. The highest BCUT2D eigenvalue weighted by Crippen LogP contribution is 2.56. The summed E-state index contributed by atoms with van der Waals surface area (Å²) in [6, 6.07) is 24.0. The van der Waals surface area contributed by atoms with Gasteiger partial charge in [-0.2, -0.15) is 0 Å². The van der Waals surface area contributed by atoms with Gasteiger partial charge in [0.2, 0.25) is 0 Å². The molecule has 28 heavy (non-hydrogen) atoms. The number of hydrogen-bond acceptors (Lipinski definition) is 4. The zero-order valence-electron chi connectivity index (χ0n) is 15.6. The second kappa shape index (κ2) is 5.79.